The van der Waals surface area contributed by atoms with E-state index in [2.05, 4.69) is 5.32 Å². The fourth-order valence-corrected chi connectivity index (χ4v) is 6.25. The summed E-state index contributed by atoms with van der Waals surface area (Å²) in [5, 5.41) is 4.27. The number of nitrogens with one attached hydrogen (secondary N) is 1. The summed E-state index contributed by atoms with van der Waals surface area (Å²) in [6, 6.07) is 17.0. The quantitative estimate of drug-likeness (QED) is 0.319. The monoisotopic (exact) mass is 653 g/mol. The standard InChI is InChI=1S/C29H30Cl3N3O6S/c1-20(29(37)33-17-22-4-7-24(31)16-27(22)32)35(18-21-2-5-23(30)6-3-21)28(36)19-41-25-8-10-26(11-9-25)42(38,39)34-12-14-40-15-13-34/h2-11,16,20H,12-15,17-19H2,1H3,(H,33,37)/t20-/m0/s1. The molecule has 2 amide bonds. The van der Waals surface area contributed by atoms with Crippen molar-refractivity contribution in [2.75, 3.05) is 32.9 Å². The van der Waals surface area contributed by atoms with Crippen LogP contribution in [0.4, 0.5) is 0 Å². The highest BCUT2D eigenvalue weighted by atomic mass is 35.5. The van der Waals surface area contributed by atoms with E-state index in [0.717, 1.165) is 5.56 Å². The first-order valence-corrected chi connectivity index (χ1v) is 15.7. The molecule has 1 aliphatic rings. The SMILES string of the molecule is C[C@@H](C(=O)NCc1ccc(Cl)cc1Cl)N(Cc1ccc(Cl)cc1)C(=O)COc1ccc(S(=O)(=O)N2CCOCC2)cc1. The molecule has 4 rings (SSSR count). The number of nitrogens with zero attached hydrogens (tertiary/aromatic N) is 2. The molecular weight excluding hydrogens is 625 g/mol. The maximum atomic E-state index is 13.4. The van der Waals surface area contributed by atoms with E-state index < -0.39 is 22.0 Å². The van der Waals surface area contributed by atoms with E-state index in [-0.39, 0.29) is 43.6 Å². The van der Waals surface area contributed by atoms with Gasteiger partial charge in [0.05, 0.1) is 18.1 Å². The molecule has 1 saturated heterocycles. The molecule has 0 bridgehead atoms. The molecule has 3 aromatic rings. The van der Waals surface area contributed by atoms with Crippen LogP contribution in [0.5, 0.6) is 5.75 Å². The third-order valence-corrected chi connectivity index (χ3v) is 9.45. The number of halogens is 3. The Morgan fingerprint density at radius 1 is 0.976 bits per heavy atom. The van der Waals surface area contributed by atoms with Crippen LogP contribution < -0.4 is 10.1 Å². The number of morpholine rings is 1. The van der Waals surface area contributed by atoms with Crippen LogP contribution in [0.2, 0.25) is 15.1 Å². The highest BCUT2D eigenvalue weighted by molar-refractivity contribution is 7.89. The summed E-state index contributed by atoms with van der Waals surface area (Å²) in [6.07, 6.45) is 0. The highest BCUT2D eigenvalue weighted by Crippen LogP contribution is 2.22. The van der Waals surface area contributed by atoms with E-state index >= 15 is 0 Å². The van der Waals surface area contributed by atoms with Crippen LogP contribution in [0.15, 0.2) is 71.6 Å². The highest BCUT2D eigenvalue weighted by Gasteiger charge is 2.28. The summed E-state index contributed by atoms with van der Waals surface area (Å²) in [5.74, 6) is -0.520. The minimum absolute atomic E-state index is 0.124. The molecule has 0 aromatic heterocycles. The first-order valence-electron chi connectivity index (χ1n) is 13.1. The van der Waals surface area contributed by atoms with Gasteiger partial charge in [0.2, 0.25) is 15.9 Å². The first-order chi connectivity index (χ1) is 20.0. The summed E-state index contributed by atoms with van der Waals surface area (Å²) in [6.45, 7) is 2.81. The minimum atomic E-state index is -3.66. The van der Waals surface area contributed by atoms with Gasteiger partial charge in [-0.05, 0) is 66.6 Å². The molecule has 42 heavy (non-hydrogen) atoms. The maximum absolute atomic E-state index is 13.4. The summed E-state index contributed by atoms with van der Waals surface area (Å²) in [5.41, 5.74) is 1.45. The van der Waals surface area contributed by atoms with Crippen LogP contribution in [0.25, 0.3) is 0 Å². The molecule has 9 nitrogen and oxygen atoms in total. The van der Waals surface area contributed by atoms with Gasteiger partial charge in [0.25, 0.3) is 5.91 Å². The molecule has 0 aliphatic carbocycles. The Morgan fingerprint density at radius 2 is 1.62 bits per heavy atom. The topological polar surface area (TPSA) is 105 Å². The molecule has 1 heterocycles. The van der Waals surface area contributed by atoms with E-state index in [1.807, 2.05) is 0 Å². The number of carbonyl (C=O) groups excluding carboxylic acids is 2. The van der Waals surface area contributed by atoms with Crippen molar-refractivity contribution in [2.24, 2.45) is 0 Å². The van der Waals surface area contributed by atoms with Crippen molar-refractivity contribution in [3.63, 3.8) is 0 Å². The smallest absolute Gasteiger partial charge is 0.261 e. The predicted molar refractivity (Wildman–Crippen MR) is 161 cm³/mol. The number of benzene rings is 3. The van der Waals surface area contributed by atoms with Crippen molar-refractivity contribution in [1.82, 2.24) is 14.5 Å². The lowest BCUT2D eigenvalue weighted by Gasteiger charge is -2.29. The Hall–Kier alpha value is -2.86. The lowest BCUT2D eigenvalue weighted by molar-refractivity contribution is -0.142. The van der Waals surface area contributed by atoms with Gasteiger partial charge in [-0.3, -0.25) is 9.59 Å². The Morgan fingerprint density at radius 3 is 2.26 bits per heavy atom. The Balaban J connectivity index is 1.43. The largest absolute Gasteiger partial charge is 0.484 e. The second kappa shape index (κ2) is 14.5. The molecule has 0 unspecified atom stereocenters. The Labute approximate surface area is 260 Å². The first kappa shape index (κ1) is 32.1. The molecule has 1 fully saturated rings. The number of hydrogen-bond donors (Lipinski definition) is 1. The summed E-state index contributed by atoms with van der Waals surface area (Å²) in [4.78, 5) is 28.0. The zero-order valence-corrected chi connectivity index (χ0v) is 25.8. The van der Waals surface area contributed by atoms with E-state index in [4.69, 9.17) is 44.3 Å². The maximum Gasteiger partial charge on any atom is 0.261 e. The third kappa shape index (κ3) is 8.37. The number of hydrogen-bond acceptors (Lipinski definition) is 6. The van der Waals surface area contributed by atoms with Gasteiger partial charge in [-0.1, -0.05) is 53.0 Å². The van der Waals surface area contributed by atoms with Gasteiger partial charge in [-0.2, -0.15) is 4.31 Å². The van der Waals surface area contributed by atoms with Crippen molar-refractivity contribution in [1.29, 1.82) is 0 Å². The molecule has 0 radical (unpaired) electrons. The van der Waals surface area contributed by atoms with Crippen molar-refractivity contribution >= 4 is 56.6 Å². The zero-order valence-electron chi connectivity index (χ0n) is 22.8. The summed E-state index contributed by atoms with van der Waals surface area (Å²) in [7, 11) is -3.66. The lowest BCUT2D eigenvalue weighted by Crippen LogP contribution is -2.48. The third-order valence-electron chi connectivity index (χ3n) is 6.70. The van der Waals surface area contributed by atoms with Gasteiger partial charge in [-0.25, -0.2) is 8.42 Å². The molecule has 3 aromatic carbocycles. The normalized spacial score (nSPS) is 14.7. The second-order valence-electron chi connectivity index (χ2n) is 9.55. The van der Waals surface area contributed by atoms with E-state index in [1.54, 1.807) is 49.4 Å². The zero-order chi connectivity index (χ0) is 30.3. The number of amides is 2. The van der Waals surface area contributed by atoms with Crippen LogP contribution in [0.1, 0.15) is 18.1 Å². The molecular formula is C29H30Cl3N3O6S. The van der Waals surface area contributed by atoms with Crippen LogP contribution in [-0.4, -0.2) is 68.4 Å². The van der Waals surface area contributed by atoms with Crippen LogP contribution >= 0.6 is 34.8 Å². The van der Waals surface area contributed by atoms with E-state index in [1.165, 1.54) is 33.5 Å². The van der Waals surface area contributed by atoms with Crippen molar-refractivity contribution in [3.05, 3.63) is 92.9 Å². The number of sulfonamides is 1. The molecule has 1 N–H and O–H groups in total. The molecule has 0 spiro atoms. The van der Waals surface area contributed by atoms with Crippen molar-refractivity contribution in [2.45, 2.75) is 31.0 Å². The van der Waals surface area contributed by atoms with Gasteiger partial charge < -0.3 is 19.7 Å². The number of ether oxygens (including phenoxy) is 2. The van der Waals surface area contributed by atoms with Gasteiger partial charge >= 0.3 is 0 Å². The summed E-state index contributed by atoms with van der Waals surface area (Å²) < 4.78 is 38.1. The summed E-state index contributed by atoms with van der Waals surface area (Å²) >= 11 is 18.2. The predicted octanol–water partition coefficient (Wildman–Crippen LogP) is 4.78. The van der Waals surface area contributed by atoms with Gasteiger partial charge in [0.15, 0.2) is 6.61 Å². The molecule has 224 valence electrons. The number of rotatable bonds is 11. The van der Waals surface area contributed by atoms with Crippen molar-refractivity contribution in [3.8, 4) is 5.75 Å². The molecule has 13 heteroatoms. The fourth-order valence-electron chi connectivity index (χ4n) is 4.24. The Kier molecular flexibility index (Phi) is 11.1. The second-order valence-corrected chi connectivity index (χ2v) is 12.8. The van der Waals surface area contributed by atoms with E-state index in [9.17, 15) is 18.0 Å². The van der Waals surface area contributed by atoms with Gasteiger partial charge in [0.1, 0.15) is 11.8 Å². The van der Waals surface area contributed by atoms with Gasteiger partial charge in [-0.15, -0.1) is 0 Å². The van der Waals surface area contributed by atoms with Gasteiger partial charge in [0, 0.05) is 41.2 Å². The molecule has 1 aliphatic heterocycles. The number of carbonyl (C=O) groups is 2. The fraction of sp³-hybridized carbons (Fsp3) is 0.310. The average Bonchev–Trinajstić information content (AvgIpc) is 2.99. The molecule has 1 atom stereocenters. The van der Waals surface area contributed by atoms with Crippen LogP contribution in [-0.2, 0) is 37.4 Å². The van der Waals surface area contributed by atoms with Crippen LogP contribution in [0, 0.1) is 0 Å². The molecule has 0 saturated carbocycles. The van der Waals surface area contributed by atoms with Crippen LogP contribution in [0.3, 0.4) is 0 Å². The van der Waals surface area contributed by atoms with E-state index in [0.29, 0.717) is 39.6 Å². The van der Waals surface area contributed by atoms with Crippen molar-refractivity contribution < 1.29 is 27.5 Å². The Bertz CT molecular complexity index is 1500. The lowest BCUT2D eigenvalue weighted by atomic mass is 10.1. The minimum Gasteiger partial charge on any atom is -0.484 e. The average molecular weight is 655 g/mol.